The van der Waals surface area contributed by atoms with Crippen LogP contribution < -0.4 is 5.32 Å². The van der Waals surface area contributed by atoms with E-state index in [2.05, 4.69) is 12.2 Å². The Labute approximate surface area is 133 Å². The van der Waals surface area contributed by atoms with E-state index >= 15 is 0 Å². The quantitative estimate of drug-likeness (QED) is 0.836. The van der Waals surface area contributed by atoms with E-state index in [4.69, 9.17) is 4.74 Å². The Morgan fingerprint density at radius 1 is 1.36 bits per heavy atom. The van der Waals surface area contributed by atoms with E-state index < -0.39 is 0 Å². The Morgan fingerprint density at radius 2 is 2.14 bits per heavy atom. The van der Waals surface area contributed by atoms with Crippen molar-refractivity contribution in [3.63, 3.8) is 0 Å². The van der Waals surface area contributed by atoms with Crippen molar-refractivity contribution >= 4 is 6.03 Å². The molecule has 5 heteroatoms. The molecular formula is C17H30N2O3. The first-order valence-electron chi connectivity index (χ1n) is 8.97. The molecule has 1 heterocycles. The van der Waals surface area contributed by atoms with Gasteiger partial charge in [0, 0.05) is 37.8 Å². The summed E-state index contributed by atoms with van der Waals surface area (Å²) in [5.74, 6) is 0.248. The summed E-state index contributed by atoms with van der Waals surface area (Å²) in [5.41, 5.74) is 0.192. The van der Waals surface area contributed by atoms with Gasteiger partial charge in [-0.1, -0.05) is 12.8 Å². The van der Waals surface area contributed by atoms with E-state index in [0.717, 1.165) is 32.4 Å². The number of urea groups is 1. The highest BCUT2D eigenvalue weighted by atomic mass is 16.5. The molecule has 2 N–H and O–H groups in total. The summed E-state index contributed by atoms with van der Waals surface area (Å²) in [6.45, 7) is 4.51. The van der Waals surface area contributed by atoms with Gasteiger partial charge in [-0.3, -0.25) is 0 Å². The van der Waals surface area contributed by atoms with Gasteiger partial charge in [-0.2, -0.15) is 0 Å². The lowest BCUT2D eigenvalue weighted by atomic mass is 9.60. The van der Waals surface area contributed by atoms with Gasteiger partial charge in [0.25, 0.3) is 0 Å². The molecule has 1 aliphatic heterocycles. The van der Waals surface area contributed by atoms with E-state index in [-0.39, 0.29) is 30.0 Å². The summed E-state index contributed by atoms with van der Waals surface area (Å²) < 4.78 is 5.91. The van der Waals surface area contributed by atoms with Crippen LogP contribution in [0.1, 0.15) is 51.9 Å². The topological polar surface area (TPSA) is 61.8 Å². The maximum absolute atomic E-state index is 12.6. The number of nitrogens with one attached hydrogen (secondary N) is 1. The van der Waals surface area contributed by atoms with Crippen molar-refractivity contribution in [3.05, 3.63) is 0 Å². The van der Waals surface area contributed by atoms with E-state index in [1.807, 2.05) is 4.90 Å². The fraction of sp³-hybridized carbons (Fsp3) is 0.941. The highest BCUT2D eigenvalue weighted by Crippen LogP contribution is 2.54. The number of hydrogen-bond donors (Lipinski definition) is 2. The second-order valence-corrected chi connectivity index (χ2v) is 7.26. The van der Waals surface area contributed by atoms with Crippen molar-refractivity contribution < 1.29 is 14.6 Å². The molecule has 2 saturated carbocycles. The first-order valence-corrected chi connectivity index (χ1v) is 8.97. The zero-order valence-electron chi connectivity index (χ0n) is 13.7. The van der Waals surface area contributed by atoms with Crippen molar-refractivity contribution in [2.45, 2.75) is 64.0 Å². The van der Waals surface area contributed by atoms with Gasteiger partial charge >= 0.3 is 6.03 Å². The van der Waals surface area contributed by atoms with Crippen LogP contribution in [0.5, 0.6) is 0 Å². The van der Waals surface area contributed by atoms with Gasteiger partial charge in [0.2, 0.25) is 0 Å². The fourth-order valence-electron chi connectivity index (χ4n) is 4.73. The molecule has 0 aromatic rings. The third kappa shape index (κ3) is 2.85. The number of ether oxygens (including phenoxy) is 1. The lowest BCUT2D eigenvalue weighted by molar-refractivity contribution is -0.127. The van der Waals surface area contributed by atoms with Crippen LogP contribution in [0.3, 0.4) is 0 Å². The van der Waals surface area contributed by atoms with Gasteiger partial charge in [0.05, 0.1) is 6.10 Å². The second-order valence-electron chi connectivity index (χ2n) is 7.26. The summed E-state index contributed by atoms with van der Waals surface area (Å²) in [6, 6.07) is 0.331. The summed E-state index contributed by atoms with van der Waals surface area (Å²) in [5, 5.41) is 12.6. The van der Waals surface area contributed by atoms with Gasteiger partial charge < -0.3 is 20.1 Å². The molecule has 2 amide bonds. The second kappa shape index (κ2) is 6.75. The van der Waals surface area contributed by atoms with Gasteiger partial charge in [-0.15, -0.1) is 0 Å². The van der Waals surface area contributed by atoms with Gasteiger partial charge in [-0.05, 0) is 44.9 Å². The third-order valence-corrected chi connectivity index (χ3v) is 6.05. The normalized spacial score (nSPS) is 33.7. The Balaban J connectivity index is 1.57. The number of nitrogens with zero attached hydrogens (tertiary/aromatic N) is 1. The maximum Gasteiger partial charge on any atom is 0.317 e. The van der Waals surface area contributed by atoms with Crippen molar-refractivity contribution in [3.8, 4) is 0 Å². The first kappa shape index (κ1) is 16.1. The molecule has 126 valence electrons. The molecule has 0 aromatic carbocycles. The number of aliphatic hydroxyl groups is 1. The van der Waals surface area contributed by atoms with Gasteiger partial charge in [-0.25, -0.2) is 4.79 Å². The minimum atomic E-state index is 0.0596. The number of piperidine rings is 1. The van der Waals surface area contributed by atoms with Crippen molar-refractivity contribution in [2.75, 3.05) is 26.3 Å². The maximum atomic E-state index is 12.6. The molecule has 5 nitrogen and oxygen atoms in total. The highest BCUT2D eigenvalue weighted by molar-refractivity contribution is 5.75. The van der Waals surface area contributed by atoms with Gasteiger partial charge in [0.1, 0.15) is 0 Å². The zero-order valence-corrected chi connectivity index (χ0v) is 13.7. The molecule has 22 heavy (non-hydrogen) atoms. The van der Waals surface area contributed by atoms with Crippen LogP contribution in [0, 0.1) is 11.3 Å². The van der Waals surface area contributed by atoms with Gasteiger partial charge in [0.15, 0.2) is 0 Å². The van der Waals surface area contributed by atoms with E-state index in [1.165, 1.54) is 25.7 Å². The average Bonchev–Trinajstić information content (AvgIpc) is 3.06. The molecule has 3 atom stereocenters. The molecule has 0 aromatic heterocycles. The average molecular weight is 310 g/mol. The minimum absolute atomic E-state index is 0.0596. The SMILES string of the molecule is CCOC1CC(NC(=O)N2CCCC(CO)C2)C12CCCC2. The van der Waals surface area contributed by atoms with E-state index in [1.54, 1.807) is 0 Å². The van der Waals surface area contributed by atoms with Crippen LogP contribution >= 0.6 is 0 Å². The zero-order chi connectivity index (χ0) is 15.6. The van der Waals surface area contributed by atoms with Crippen molar-refractivity contribution in [1.82, 2.24) is 10.2 Å². The standard InChI is InChI=1S/C17H30N2O3/c1-2-22-15-10-14(17(15)7-3-4-8-17)18-16(21)19-9-5-6-13(11-19)12-20/h13-15,20H,2-12H2,1H3,(H,18,21). The fourth-order valence-corrected chi connectivity index (χ4v) is 4.73. The predicted octanol–water partition coefficient (Wildman–Crippen LogP) is 2.14. The summed E-state index contributed by atoms with van der Waals surface area (Å²) in [7, 11) is 0. The Morgan fingerprint density at radius 3 is 2.82 bits per heavy atom. The molecule has 0 radical (unpaired) electrons. The van der Waals surface area contributed by atoms with Crippen LogP contribution in [0.2, 0.25) is 0 Å². The van der Waals surface area contributed by atoms with Crippen LogP contribution in [0.15, 0.2) is 0 Å². The lowest BCUT2D eigenvalue weighted by Crippen LogP contribution is -2.65. The van der Waals surface area contributed by atoms with Crippen LogP contribution in [0.25, 0.3) is 0 Å². The summed E-state index contributed by atoms with van der Waals surface area (Å²) in [6.07, 6.45) is 8.19. The molecule has 1 spiro atoms. The largest absolute Gasteiger partial charge is 0.396 e. The Bertz CT molecular complexity index is 395. The van der Waals surface area contributed by atoms with Crippen LogP contribution in [-0.4, -0.2) is 54.5 Å². The molecule has 1 saturated heterocycles. The number of hydrogen-bond acceptors (Lipinski definition) is 3. The number of likely N-dealkylation sites (tertiary alicyclic amines) is 1. The van der Waals surface area contributed by atoms with E-state index in [9.17, 15) is 9.90 Å². The Kier molecular flexibility index (Phi) is 4.93. The molecule has 0 bridgehead atoms. The van der Waals surface area contributed by atoms with Crippen LogP contribution in [-0.2, 0) is 4.74 Å². The van der Waals surface area contributed by atoms with Crippen molar-refractivity contribution in [1.29, 1.82) is 0 Å². The third-order valence-electron chi connectivity index (χ3n) is 6.05. The molecule has 3 aliphatic rings. The van der Waals surface area contributed by atoms with Crippen LogP contribution in [0.4, 0.5) is 4.79 Å². The number of rotatable bonds is 4. The smallest absolute Gasteiger partial charge is 0.317 e. The van der Waals surface area contributed by atoms with Crippen molar-refractivity contribution in [2.24, 2.45) is 11.3 Å². The summed E-state index contributed by atoms with van der Waals surface area (Å²) in [4.78, 5) is 14.4. The number of carbonyl (C=O) groups is 1. The molecule has 3 fully saturated rings. The monoisotopic (exact) mass is 310 g/mol. The highest BCUT2D eigenvalue weighted by Gasteiger charge is 2.57. The molecule has 3 rings (SSSR count). The van der Waals surface area contributed by atoms with E-state index in [0.29, 0.717) is 12.6 Å². The lowest BCUT2D eigenvalue weighted by Gasteiger charge is -2.54. The Hall–Kier alpha value is -0.810. The molecule has 3 unspecified atom stereocenters. The molecule has 2 aliphatic carbocycles. The molecular weight excluding hydrogens is 280 g/mol. The number of carbonyl (C=O) groups excluding carboxylic acids is 1. The predicted molar refractivity (Wildman–Crippen MR) is 84.6 cm³/mol. The summed E-state index contributed by atoms with van der Waals surface area (Å²) >= 11 is 0. The number of amides is 2. The number of aliphatic hydroxyl groups excluding tert-OH is 1. The first-order chi connectivity index (χ1) is 10.7. The minimum Gasteiger partial charge on any atom is -0.396 e.